The fourth-order valence-electron chi connectivity index (χ4n) is 9.83. The molecule has 5 aliphatic heterocycles. The Morgan fingerprint density at radius 3 is 2.19 bits per heavy atom. The number of unbranched alkanes of at least 4 members (excludes halogenated alkanes) is 15. The number of carbonyl (C=O) groups excluding carboxylic acids is 2. The molecule has 13 heteroatoms. The van der Waals surface area contributed by atoms with Gasteiger partial charge < -0.3 is 41.8 Å². The number of rotatable bonds is 27. The van der Waals surface area contributed by atoms with Crippen LogP contribution < -0.4 is 22.5 Å². The van der Waals surface area contributed by atoms with Gasteiger partial charge in [-0.1, -0.05) is 103 Å². The molecule has 6 unspecified atom stereocenters. The van der Waals surface area contributed by atoms with Crippen LogP contribution >= 0.6 is 0 Å². The zero-order valence-electron chi connectivity index (χ0n) is 35.6. The Kier molecular flexibility index (Phi) is 18.6. The van der Waals surface area contributed by atoms with E-state index in [9.17, 15) is 9.59 Å². The van der Waals surface area contributed by atoms with E-state index in [1.54, 1.807) is 0 Å². The van der Waals surface area contributed by atoms with Crippen LogP contribution in [0.2, 0.25) is 0 Å². The average molecular weight is 796 g/mol. The maximum absolute atomic E-state index is 13.4. The summed E-state index contributed by atoms with van der Waals surface area (Å²) in [4.78, 5) is 44.9. The van der Waals surface area contributed by atoms with Crippen molar-refractivity contribution in [1.29, 1.82) is 0 Å². The van der Waals surface area contributed by atoms with Crippen LogP contribution in [0.15, 0.2) is 26.2 Å². The third kappa shape index (κ3) is 13.3. The Hall–Kier alpha value is -3.51. The maximum Gasteiger partial charge on any atom is 0.337 e. The molecule has 322 valence electrons. The van der Waals surface area contributed by atoms with Crippen LogP contribution in [-0.2, 0) is 19.1 Å². The molecule has 0 aliphatic carbocycles. The minimum absolute atomic E-state index is 0.0647. The number of nitrogens with one attached hydrogen (secondary N) is 1. The number of esters is 2. The lowest BCUT2D eigenvalue weighted by Gasteiger charge is -2.46. The van der Waals surface area contributed by atoms with E-state index in [0.29, 0.717) is 49.8 Å². The highest BCUT2D eigenvalue weighted by molar-refractivity contribution is 5.95. The fourth-order valence-corrected chi connectivity index (χ4v) is 9.83. The van der Waals surface area contributed by atoms with E-state index < -0.39 is 0 Å². The van der Waals surface area contributed by atoms with Gasteiger partial charge in [-0.3, -0.25) is 9.79 Å². The number of ether oxygens (including phenoxy) is 2. The minimum atomic E-state index is -0.278. The van der Waals surface area contributed by atoms with E-state index in [1.165, 1.54) is 64.2 Å². The summed E-state index contributed by atoms with van der Waals surface area (Å²) in [5.41, 5.74) is 18.8. The smallest absolute Gasteiger partial charge is 0.337 e. The quantitative estimate of drug-likeness (QED) is 0.0299. The van der Waals surface area contributed by atoms with Crippen LogP contribution in [0.4, 0.5) is 0 Å². The van der Waals surface area contributed by atoms with Crippen molar-refractivity contribution in [2.75, 3.05) is 26.3 Å². The van der Waals surface area contributed by atoms with Gasteiger partial charge in [0.1, 0.15) is 0 Å². The first-order valence-electron chi connectivity index (χ1n) is 23.1. The first kappa shape index (κ1) is 44.6. The normalized spacial score (nSPS) is 25.0. The summed E-state index contributed by atoms with van der Waals surface area (Å²) < 4.78 is 11.6. The number of carbonyl (C=O) groups is 2. The minimum Gasteiger partial charge on any atom is -0.465 e. The second-order valence-electron chi connectivity index (χ2n) is 17.3. The lowest BCUT2D eigenvalue weighted by atomic mass is 9.89. The molecule has 57 heavy (non-hydrogen) atoms. The number of nitrogens with two attached hydrogens (primary N) is 3. The van der Waals surface area contributed by atoms with Crippen molar-refractivity contribution in [3.63, 3.8) is 0 Å². The van der Waals surface area contributed by atoms with Crippen molar-refractivity contribution in [2.24, 2.45) is 38.1 Å². The summed E-state index contributed by atoms with van der Waals surface area (Å²) in [5.74, 6) is 1.09. The average Bonchev–Trinajstić information content (AvgIpc) is 3.85. The zero-order valence-corrected chi connectivity index (χ0v) is 35.6. The number of guanidine groups is 3. The Morgan fingerprint density at radius 2 is 1.47 bits per heavy atom. The standard InChI is InChI=1S/C44H77N9O4/c1-3-4-5-6-7-8-10-13-16-22-33-31-34-25-26-37-38(32(2)49-44(50-33)53(34)37)40(54)56-29-19-15-12-9-11-14-17-23-35-39(36-24-21-28-52(36)43(47)51-35)41(55)57-30-20-18-27-48-42(45)46/h32-35,37-38H,3-31H2,1-2H3,(H2,47,51)(H,49,50)(H4,45,46,48). The van der Waals surface area contributed by atoms with E-state index in [1.807, 2.05) is 4.90 Å². The maximum atomic E-state index is 13.4. The third-order valence-corrected chi connectivity index (χ3v) is 12.9. The summed E-state index contributed by atoms with van der Waals surface area (Å²) in [7, 11) is 0. The topological polar surface area (TPSA) is 186 Å². The zero-order chi connectivity index (χ0) is 40.4. The lowest BCUT2D eigenvalue weighted by molar-refractivity contribution is -0.151. The van der Waals surface area contributed by atoms with Gasteiger partial charge in [0.2, 0.25) is 0 Å². The van der Waals surface area contributed by atoms with Crippen LogP contribution in [0.3, 0.4) is 0 Å². The highest BCUT2D eigenvalue weighted by Gasteiger charge is 2.51. The van der Waals surface area contributed by atoms with Crippen molar-refractivity contribution in [3.05, 3.63) is 11.3 Å². The molecule has 0 aromatic rings. The molecule has 3 saturated heterocycles. The van der Waals surface area contributed by atoms with Gasteiger partial charge in [-0.25, -0.2) is 14.8 Å². The molecule has 0 amide bonds. The number of allylic oxidation sites excluding steroid dienone is 1. The highest BCUT2D eigenvalue weighted by Crippen LogP contribution is 2.40. The summed E-state index contributed by atoms with van der Waals surface area (Å²) in [6.45, 7) is 6.49. The van der Waals surface area contributed by atoms with Crippen LogP contribution in [-0.4, -0.2) is 96.1 Å². The number of aliphatic imine (C=N–C) groups is 3. The molecule has 5 rings (SSSR count). The van der Waals surface area contributed by atoms with Gasteiger partial charge in [0.15, 0.2) is 17.9 Å². The Morgan fingerprint density at radius 1 is 0.825 bits per heavy atom. The highest BCUT2D eigenvalue weighted by atomic mass is 16.5. The number of nitrogens with zero attached hydrogens (tertiary/aromatic N) is 5. The summed E-state index contributed by atoms with van der Waals surface area (Å²) in [6.07, 6.45) is 28.2. The molecular weight excluding hydrogens is 719 g/mol. The molecule has 0 aromatic carbocycles. The van der Waals surface area contributed by atoms with Gasteiger partial charge in [0.05, 0.1) is 36.8 Å². The van der Waals surface area contributed by atoms with E-state index >= 15 is 0 Å². The third-order valence-electron chi connectivity index (χ3n) is 12.9. The summed E-state index contributed by atoms with van der Waals surface area (Å²) in [5, 5.41) is 3.78. The molecule has 0 saturated carbocycles. The molecule has 0 bridgehead atoms. The van der Waals surface area contributed by atoms with Crippen molar-refractivity contribution in [3.8, 4) is 0 Å². The second-order valence-corrected chi connectivity index (χ2v) is 17.3. The fraction of sp³-hybridized carbons (Fsp3) is 0.841. The molecule has 3 fully saturated rings. The van der Waals surface area contributed by atoms with E-state index in [4.69, 9.17) is 36.7 Å². The van der Waals surface area contributed by atoms with Gasteiger partial charge in [-0.2, -0.15) is 0 Å². The number of hydrogen-bond donors (Lipinski definition) is 4. The van der Waals surface area contributed by atoms with Gasteiger partial charge in [0.25, 0.3) is 0 Å². The molecule has 0 radical (unpaired) electrons. The monoisotopic (exact) mass is 796 g/mol. The van der Waals surface area contributed by atoms with Gasteiger partial charge in [-0.05, 0) is 71.1 Å². The second kappa shape index (κ2) is 23.8. The van der Waals surface area contributed by atoms with Crippen molar-refractivity contribution < 1.29 is 19.1 Å². The van der Waals surface area contributed by atoms with Crippen molar-refractivity contribution in [1.82, 2.24) is 15.1 Å². The van der Waals surface area contributed by atoms with E-state index in [2.05, 4.69) is 29.1 Å². The van der Waals surface area contributed by atoms with Crippen LogP contribution in [0.1, 0.15) is 174 Å². The van der Waals surface area contributed by atoms with Crippen LogP contribution in [0.25, 0.3) is 0 Å². The van der Waals surface area contributed by atoms with E-state index in [0.717, 1.165) is 108 Å². The largest absolute Gasteiger partial charge is 0.465 e. The molecule has 6 atom stereocenters. The van der Waals surface area contributed by atoms with Crippen molar-refractivity contribution in [2.45, 2.75) is 205 Å². The van der Waals surface area contributed by atoms with E-state index in [-0.39, 0.29) is 41.9 Å². The first-order chi connectivity index (χ1) is 27.8. The Balaban J connectivity index is 0.934. The van der Waals surface area contributed by atoms with Gasteiger partial charge in [-0.15, -0.1) is 0 Å². The Bertz CT molecular complexity index is 1400. The molecule has 0 spiro atoms. The number of fused-ring (bicyclic) bond motifs is 1. The predicted octanol–water partition coefficient (Wildman–Crippen LogP) is 6.78. The van der Waals surface area contributed by atoms with Crippen LogP contribution in [0, 0.1) is 5.92 Å². The van der Waals surface area contributed by atoms with Gasteiger partial charge in [0, 0.05) is 36.9 Å². The molecular formula is C44H77N9O4. The molecule has 13 nitrogen and oxygen atoms in total. The summed E-state index contributed by atoms with van der Waals surface area (Å²) >= 11 is 0. The predicted molar refractivity (Wildman–Crippen MR) is 230 cm³/mol. The Labute approximate surface area is 343 Å². The molecule has 5 heterocycles. The lowest BCUT2D eigenvalue weighted by Crippen LogP contribution is -2.63. The first-order valence-corrected chi connectivity index (χ1v) is 23.1. The SMILES string of the molecule is CCCCCCCCCCCC1CC2CCC3C(C(=O)OCCCCCCCCCC4N=C(N)N5CCCC5=C4C(=O)OCCCCN=C(N)N)C(C)N=C(N1)N23. The number of hydrogen-bond acceptors (Lipinski definition) is 11. The summed E-state index contributed by atoms with van der Waals surface area (Å²) in [6, 6.07) is 0.872. The molecule has 7 N–H and O–H groups in total. The van der Waals surface area contributed by atoms with Crippen molar-refractivity contribution >= 4 is 29.8 Å². The molecule has 5 aliphatic rings. The molecule has 0 aromatic heterocycles. The van der Waals surface area contributed by atoms with Gasteiger partial charge >= 0.3 is 11.9 Å². The van der Waals surface area contributed by atoms with Crippen LogP contribution in [0.5, 0.6) is 0 Å².